The number of hydrogen-bond acceptors (Lipinski definition) is 4. The molecule has 0 unspecified atom stereocenters. The van der Waals surface area contributed by atoms with Crippen LogP contribution in [0.1, 0.15) is 16.0 Å². The van der Waals surface area contributed by atoms with Crippen LogP contribution in [0.4, 0.5) is 0 Å². The molecule has 0 saturated carbocycles. The second kappa shape index (κ2) is 5.40. The molecule has 0 fully saturated rings. The molecule has 0 aliphatic heterocycles. The maximum Gasteiger partial charge on any atom is 0.308 e. The van der Waals surface area contributed by atoms with Crippen LogP contribution < -0.4 is 4.74 Å². The lowest BCUT2D eigenvalue weighted by Gasteiger charge is -2.11. The number of rotatable bonds is 4. The second-order valence-electron chi connectivity index (χ2n) is 4.33. The third kappa shape index (κ3) is 2.76. The van der Waals surface area contributed by atoms with Gasteiger partial charge >= 0.3 is 5.97 Å². The minimum atomic E-state index is -0.853. The van der Waals surface area contributed by atoms with E-state index in [2.05, 4.69) is 4.98 Å². The van der Waals surface area contributed by atoms with Crippen molar-refractivity contribution in [2.24, 2.45) is 0 Å². The number of benzene rings is 1. The molecule has 2 aromatic rings. The molecule has 0 amide bonds. The van der Waals surface area contributed by atoms with Gasteiger partial charge in [-0.25, -0.2) is 4.98 Å². The van der Waals surface area contributed by atoms with Crippen LogP contribution in [0.2, 0.25) is 0 Å². The highest BCUT2D eigenvalue weighted by atomic mass is 32.1. The number of aromatic nitrogens is 1. The molecule has 1 aromatic heterocycles. The van der Waals surface area contributed by atoms with Gasteiger partial charge in [0.2, 0.25) is 0 Å². The number of methoxy groups -OCH3 is 1. The van der Waals surface area contributed by atoms with E-state index in [1.165, 1.54) is 11.3 Å². The number of ether oxygens (including phenoxy) is 1. The first kappa shape index (κ1) is 13.5. The molecular weight excluding hydrogens is 262 g/mol. The van der Waals surface area contributed by atoms with E-state index < -0.39 is 5.97 Å². The van der Waals surface area contributed by atoms with Crippen LogP contribution >= 0.6 is 11.3 Å². The zero-order valence-corrected chi connectivity index (χ0v) is 11.9. The van der Waals surface area contributed by atoms with Crippen LogP contribution in [0.5, 0.6) is 5.75 Å². The number of nitrogens with zero attached hydrogens (tertiary/aromatic N) is 1. The summed E-state index contributed by atoms with van der Waals surface area (Å²) in [7, 11) is 1.61. The summed E-state index contributed by atoms with van der Waals surface area (Å²) >= 11 is 1.35. The lowest BCUT2D eigenvalue weighted by molar-refractivity contribution is -0.136. The zero-order valence-electron chi connectivity index (χ0n) is 11.1. The molecule has 0 radical (unpaired) electrons. The molecule has 0 bridgehead atoms. The summed E-state index contributed by atoms with van der Waals surface area (Å²) in [6, 6.07) is 3.95. The molecule has 1 heterocycles. The van der Waals surface area contributed by atoms with Gasteiger partial charge in [-0.05, 0) is 37.1 Å². The van der Waals surface area contributed by atoms with Crippen molar-refractivity contribution < 1.29 is 14.6 Å². The number of hydrogen-bond donors (Lipinski definition) is 1. The molecule has 2 rings (SSSR count). The van der Waals surface area contributed by atoms with Crippen LogP contribution in [0.3, 0.4) is 0 Å². The average Bonchev–Trinajstić information content (AvgIpc) is 2.79. The lowest BCUT2D eigenvalue weighted by Crippen LogP contribution is -2.00. The molecule has 5 heteroatoms. The van der Waals surface area contributed by atoms with Crippen molar-refractivity contribution in [3.63, 3.8) is 0 Å². The number of carboxylic acid groups (broad SMARTS) is 1. The molecule has 100 valence electrons. The fraction of sp³-hybridized carbons (Fsp3) is 0.286. The van der Waals surface area contributed by atoms with Gasteiger partial charge in [0.15, 0.2) is 0 Å². The molecule has 0 aliphatic carbocycles. The van der Waals surface area contributed by atoms with Crippen molar-refractivity contribution in [2.75, 3.05) is 7.11 Å². The van der Waals surface area contributed by atoms with Gasteiger partial charge in [-0.15, -0.1) is 11.3 Å². The highest BCUT2D eigenvalue weighted by molar-refractivity contribution is 7.10. The Balaban J connectivity index is 2.55. The Morgan fingerprint density at radius 2 is 2.05 bits per heavy atom. The average molecular weight is 277 g/mol. The van der Waals surface area contributed by atoms with E-state index in [0.29, 0.717) is 5.69 Å². The SMILES string of the molecule is COc1cc(C)c(C)cc1-c1ncsc1CC(=O)O. The molecule has 1 N–H and O–H groups in total. The Morgan fingerprint density at radius 3 is 2.68 bits per heavy atom. The van der Waals surface area contributed by atoms with E-state index in [1.54, 1.807) is 12.6 Å². The first-order chi connectivity index (χ1) is 9.02. The van der Waals surface area contributed by atoms with E-state index in [9.17, 15) is 4.79 Å². The maximum absolute atomic E-state index is 10.9. The van der Waals surface area contributed by atoms with E-state index in [1.807, 2.05) is 26.0 Å². The summed E-state index contributed by atoms with van der Waals surface area (Å²) in [5.74, 6) is -0.131. The third-order valence-corrected chi connectivity index (χ3v) is 3.86. The van der Waals surface area contributed by atoms with Crippen molar-refractivity contribution in [1.82, 2.24) is 4.98 Å². The molecular formula is C14H15NO3S. The van der Waals surface area contributed by atoms with Gasteiger partial charge in [0, 0.05) is 10.4 Å². The molecule has 0 saturated heterocycles. The van der Waals surface area contributed by atoms with Crippen molar-refractivity contribution in [1.29, 1.82) is 0 Å². The molecule has 0 aliphatic rings. The van der Waals surface area contributed by atoms with Gasteiger partial charge in [0.05, 0.1) is 24.7 Å². The maximum atomic E-state index is 10.9. The highest BCUT2D eigenvalue weighted by Crippen LogP contribution is 2.35. The van der Waals surface area contributed by atoms with E-state index in [0.717, 1.165) is 27.3 Å². The van der Waals surface area contributed by atoms with Crippen LogP contribution in [-0.2, 0) is 11.2 Å². The van der Waals surface area contributed by atoms with Crippen LogP contribution in [-0.4, -0.2) is 23.2 Å². The Morgan fingerprint density at radius 1 is 1.37 bits per heavy atom. The van der Waals surface area contributed by atoms with Crippen molar-refractivity contribution in [3.8, 4) is 17.0 Å². The van der Waals surface area contributed by atoms with E-state index in [-0.39, 0.29) is 6.42 Å². The van der Waals surface area contributed by atoms with E-state index in [4.69, 9.17) is 9.84 Å². The van der Waals surface area contributed by atoms with Crippen molar-refractivity contribution in [3.05, 3.63) is 33.6 Å². The fourth-order valence-electron chi connectivity index (χ4n) is 1.90. The third-order valence-electron chi connectivity index (χ3n) is 3.02. The quantitative estimate of drug-likeness (QED) is 0.933. The minimum absolute atomic E-state index is 0.0178. The van der Waals surface area contributed by atoms with Gasteiger partial charge in [-0.3, -0.25) is 4.79 Å². The number of carboxylic acids is 1. The summed E-state index contributed by atoms with van der Waals surface area (Å²) in [5.41, 5.74) is 5.48. The monoisotopic (exact) mass is 277 g/mol. The van der Waals surface area contributed by atoms with Gasteiger partial charge < -0.3 is 9.84 Å². The smallest absolute Gasteiger partial charge is 0.308 e. The first-order valence-corrected chi connectivity index (χ1v) is 6.70. The standard InChI is InChI=1S/C14H15NO3S/c1-8-4-10(11(18-3)5-9(8)2)14-12(6-13(16)17)19-7-15-14/h4-5,7H,6H2,1-3H3,(H,16,17). The normalized spacial score (nSPS) is 10.5. The molecule has 19 heavy (non-hydrogen) atoms. The molecule has 0 atom stereocenters. The van der Waals surface area contributed by atoms with Crippen LogP contribution in [0.25, 0.3) is 11.3 Å². The predicted octanol–water partition coefficient (Wildman–Crippen LogP) is 3.06. The number of carbonyl (C=O) groups is 1. The summed E-state index contributed by atoms with van der Waals surface area (Å²) < 4.78 is 5.38. The highest BCUT2D eigenvalue weighted by Gasteiger charge is 2.16. The predicted molar refractivity (Wildman–Crippen MR) is 74.9 cm³/mol. The summed E-state index contributed by atoms with van der Waals surface area (Å²) in [5, 5.41) is 8.93. The van der Waals surface area contributed by atoms with Crippen molar-refractivity contribution >= 4 is 17.3 Å². The van der Waals surface area contributed by atoms with Crippen molar-refractivity contribution in [2.45, 2.75) is 20.3 Å². The lowest BCUT2D eigenvalue weighted by atomic mass is 10.0. The summed E-state index contributed by atoms with van der Waals surface area (Å²) in [6.45, 7) is 4.03. The molecule has 1 aromatic carbocycles. The zero-order chi connectivity index (χ0) is 14.0. The van der Waals surface area contributed by atoms with E-state index >= 15 is 0 Å². The van der Waals surface area contributed by atoms with Crippen LogP contribution in [0, 0.1) is 13.8 Å². The summed E-state index contributed by atoms with van der Waals surface area (Å²) in [4.78, 5) is 15.9. The number of aliphatic carboxylic acids is 1. The first-order valence-electron chi connectivity index (χ1n) is 5.82. The van der Waals surface area contributed by atoms with Gasteiger partial charge in [-0.1, -0.05) is 0 Å². The molecule has 4 nitrogen and oxygen atoms in total. The minimum Gasteiger partial charge on any atom is -0.496 e. The topological polar surface area (TPSA) is 59.4 Å². The Kier molecular flexibility index (Phi) is 3.85. The largest absolute Gasteiger partial charge is 0.496 e. The van der Waals surface area contributed by atoms with Crippen LogP contribution in [0.15, 0.2) is 17.6 Å². The fourth-order valence-corrected chi connectivity index (χ4v) is 2.66. The Bertz CT molecular complexity index is 619. The number of aryl methyl sites for hydroxylation is 2. The van der Waals surface area contributed by atoms with Gasteiger partial charge in [0.1, 0.15) is 5.75 Å². The van der Waals surface area contributed by atoms with Gasteiger partial charge in [-0.2, -0.15) is 0 Å². The van der Waals surface area contributed by atoms with Gasteiger partial charge in [0.25, 0.3) is 0 Å². The Hall–Kier alpha value is -1.88. The number of thiazole rings is 1. The second-order valence-corrected chi connectivity index (χ2v) is 5.27. The Labute approximate surface area is 115 Å². The summed E-state index contributed by atoms with van der Waals surface area (Å²) in [6.07, 6.45) is -0.0178. The molecule has 0 spiro atoms.